The summed E-state index contributed by atoms with van der Waals surface area (Å²) in [6, 6.07) is 9.02. The van der Waals surface area contributed by atoms with Crippen LogP contribution >= 0.6 is 11.6 Å². The zero-order chi connectivity index (χ0) is 12.5. The summed E-state index contributed by atoms with van der Waals surface area (Å²) in [6.45, 7) is 1.77. The highest BCUT2D eigenvalue weighted by molar-refractivity contribution is 6.30. The zero-order valence-electron chi connectivity index (χ0n) is 9.82. The zero-order valence-corrected chi connectivity index (χ0v) is 10.6. The van der Waals surface area contributed by atoms with E-state index in [0.717, 1.165) is 25.2 Å². The second-order valence-corrected chi connectivity index (χ2v) is 4.83. The smallest absolute Gasteiger partial charge is 0.262 e. The Hall–Kier alpha value is -1.58. The molecule has 92 valence electrons. The minimum Gasteiger partial charge on any atom is -0.312 e. The van der Waals surface area contributed by atoms with Crippen LogP contribution in [0.4, 0.5) is 0 Å². The third-order valence-corrected chi connectivity index (χ3v) is 3.50. The number of nitrogens with one attached hydrogen (secondary N) is 1. The van der Waals surface area contributed by atoms with Crippen LogP contribution in [0.2, 0.25) is 5.02 Å². The molecule has 0 amide bonds. The van der Waals surface area contributed by atoms with Gasteiger partial charge in [-0.1, -0.05) is 11.6 Å². The fourth-order valence-corrected chi connectivity index (χ4v) is 2.43. The fourth-order valence-electron chi connectivity index (χ4n) is 2.30. The number of rotatable bonds is 1. The molecule has 3 nitrogen and oxygen atoms in total. The maximum Gasteiger partial charge on any atom is 0.262 e. The van der Waals surface area contributed by atoms with Crippen LogP contribution in [0.5, 0.6) is 0 Å². The second kappa shape index (κ2) is 4.59. The molecule has 18 heavy (non-hydrogen) atoms. The van der Waals surface area contributed by atoms with Gasteiger partial charge in [0.1, 0.15) is 0 Å². The van der Waals surface area contributed by atoms with Gasteiger partial charge in [0.25, 0.3) is 5.91 Å². The van der Waals surface area contributed by atoms with E-state index in [9.17, 15) is 4.79 Å². The van der Waals surface area contributed by atoms with Gasteiger partial charge in [-0.25, -0.2) is 0 Å². The first-order chi connectivity index (χ1) is 8.75. The average molecular weight is 261 g/mol. The molecule has 0 fully saturated rings. The average Bonchev–Trinajstić information content (AvgIpc) is 2.82. The number of fused-ring (bicyclic) bond motifs is 1. The van der Waals surface area contributed by atoms with Gasteiger partial charge in [0.2, 0.25) is 0 Å². The number of carbonyl (C=O) groups excluding carboxylic acids is 1. The van der Waals surface area contributed by atoms with E-state index in [1.807, 2.05) is 12.3 Å². The molecule has 0 spiro atoms. The van der Waals surface area contributed by atoms with Gasteiger partial charge in [0, 0.05) is 42.0 Å². The van der Waals surface area contributed by atoms with E-state index in [-0.39, 0.29) is 5.91 Å². The van der Waals surface area contributed by atoms with Crippen molar-refractivity contribution in [2.45, 2.75) is 13.0 Å². The van der Waals surface area contributed by atoms with Crippen molar-refractivity contribution in [1.82, 2.24) is 9.88 Å². The Bertz CT molecular complexity index is 586. The van der Waals surface area contributed by atoms with Gasteiger partial charge in [0.05, 0.1) is 0 Å². The minimum atomic E-state index is 0.00909. The molecule has 0 bridgehead atoms. The number of benzene rings is 1. The highest BCUT2D eigenvalue weighted by Gasteiger charge is 2.17. The fraction of sp³-hybridized carbons (Fsp3) is 0.214. The molecular weight excluding hydrogens is 248 g/mol. The Morgan fingerprint density at radius 1 is 1.22 bits per heavy atom. The predicted octanol–water partition coefficient (Wildman–Crippen LogP) is 2.48. The summed E-state index contributed by atoms with van der Waals surface area (Å²) >= 11 is 5.83. The molecule has 1 aromatic carbocycles. The van der Waals surface area contributed by atoms with Gasteiger partial charge in [0.15, 0.2) is 0 Å². The topological polar surface area (TPSA) is 34.0 Å². The van der Waals surface area contributed by atoms with Crippen molar-refractivity contribution in [3.05, 3.63) is 58.4 Å². The van der Waals surface area contributed by atoms with Gasteiger partial charge < -0.3 is 5.32 Å². The lowest BCUT2D eigenvalue weighted by atomic mass is 10.1. The van der Waals surface area contributed by atoms with Crippen LogP contribution in [0.1, 0.15) is 21.6 Å². The Kier molecular flexibility index (Phi) is 2.94. The number of halogens is 1. The number of hydrogen-bond donors (Lipinski definition) is 1. The quantitative estimate of drug-likeness (QED) is 0.855. The molecule has 0 radical (unpaired) electrons. The van der Waals surface area contributed by atoms with Crippen molar-refractivity contribution >= 4 is 17.5 Å². The summed E-state index contributed by atoms with van der Waals surface area (Å²) in [7, 11) is 0. The van der Waals surface area contributed by atoms with E-state index in [0.29, 0.717) is 10.6 Å². The summed E-state index contributed by atoms with van der Waals surface area (Å²) in [5, 5.41) is 3.94. The van der Waals surface area contributed by atoms with Crippen molar-refractivity contribution < 1.29 is 4.79 Å². The summed E-state index contributed by atoms with van der Waals surface area (Å²) in [6.07, 6.45) is 2.75. The van der Waals surface area contributed by atoms with Crippen LogP contribution < -0.4 is 5.32 Å². The molecule has 0 saturated heterocycles. The molecular formula is C14H13ClN2O. The molecule has 1 aromatic heterocycles. The van der Waals surface area contributed by atoms with Crippen LogP contribution in [0.15, 0.2) is 36.5 Å². The van der Waals surface area contributed by atoms with E-state index in [1.165, 1.54) is 5.56 Å². The lowest BCUT2D eigenvalue weighted by molar-refractivity contribution is 0.0957. The Labute approximate surface area is 110 Å². The monoisotopic (exact) mass is 260 g/mol. The first-order valence-corrected chi connectivity index (χ1v) is 6.33. The van der Waals surface area contributed by atoms with E-state index in [4.69, 9.17) is 11.6 Å². The van der Waals surface area contributed by atoms with Crippen LogP contribution in [0.25, 0.3) is 0 Å². The predicted molar refractivity (Wildman–Crippen MR) is 71.0 cm³/mol. The standard InChI is InChI=1S/C14H13ClN2O/c15-12-3-1-10(2-4-12)14(18)17-8-6-11-9-16-7-5-13(11)17/h1-4,6,8,16H,5,7,9H2. The second-order valence-electron chi connectivity index (χ2n) is 4.40. The highest BCUT2D eigenvalue weighted by atomic mass is 35.5. The van der Waals surface area contributed by atoms with Crippen LogP contribution in [-0.4, -0.2) is 17.0 Å². The van der Waals surface area contributed by atoms with Gasteiger partial charge in [-0.2, -0.15) is 0 Å². The molecule has 3 rings (SSSR count). The van der Waals surface area contributed by atoms with Crippen molar-refractivity contribution in [2.75, 3.05) is 6.54 Å². The molecule has 0 unspecified atom stereocenters. The van der Waals surface area contributed by atoms with Crippen LogP contribution in [0.3, 0.4) is 0 Å². The van der Waals surface area contributed by atoms with Gasteiger partial charge in [-0.05, 0) is 35.9 Å². The lowest BCUT2D eigenvalue weighted by Gasteiger charge is -2.16. The summed E-state index contributed by atoms with van der Waals surface area (Å²) < 4.78 is 1.75. The number of aromatic nitrogens is 1. The molecule has 0 saturated carbocycles. The minimum absolute atomic E-state index is 0.00909. The maximum absolute atomic E-state index is 12.4. The van der Waals surface area contributed by atoms with Crippen LogP contribution in [0, 0.1) is 0 Å². The highest BCUT2D eigenvalue weighted by Crippen LogP contribution is 2.18. The molecule has 0 aliphatic carbocycles. The van der Waals surface area contributed by atoms with E-state index >= 15 is 0 Å². The number of nitrogens with zero attached hydrogens (tertiary/aromatic N) is 1. The third kappa shape index (κ3) is 1.96. The van der Waals surface area contributed by atoms with E-state index in [1.54, 1.807) is 28.8 Å². The van der Waals surface area contributed by atoms with Crippen molar-refractivity contribution in [3.8, 4) is 0 Å². The molecule has 1 aliphatic rings. The van der Waals surface area contributed by atoms with Gasteiger partial charge in [-0.3, -0.25) is 9.36 Å². The van der Waals surface area contributed by atoms with Crippen molar-refractivity contribution in [1.29, 1.82) is 0 Å². The lowest BCUT2D eigenvalue weighted by Crippen LogP contribution is -2.26. The van der Waals surface area contributed by atoms with E-state index in [2.05, 4.69) is 5.32 Å². The molecule has 2 heterocycles. The number of hydrogen-bond acceptors (Lipinski definition) is 2. The third-order valence-electron chi connectivity index (χ3n) is 3.25. The Balaban J connectivity index is 1.97. The Morgan fingerprint density at radius 3 is 2.78 bits per heavy atom. The molecule has 4 heteroatoms. The normalized spacial score (nSPS) is 14.3. The molecule has 1 N–H and O–H groups in total. The SMILES string of the molecule is O=C(c1ccc(Cl)cc1)n1ccc2c1CCNC2. The summed E-state index contributed by atoms with van der Waals surface area (Å²) in [5.41, 5.74) is 2.99. The summed E-state index contributed by atoms with van der Waals surface area (Å²) in [5.74, 6) is 0.00909. The van der Waals surface area contributed by atoms with Gasteiger partial charge in [-0.15, -0.1) is 0 Å². The maximum atomic E-state index is 12.4. The first kappa shape index (κ1) is 11.5. The van der Waals surface area contributed by atoms with Gasteiger partial charge >= 0.3 is 0 Å². The molecule has 1 aliphatic heterocycles. The summed E-state index contributed by atoms with van der Waals surface area (Å²) in [4.78, 5) is 12.4. The number of carbonyl (C=O) groups is 1. The largest absolute Gasteiger partial charge is 0.312 e. The first-order valence-electron chi connectivity index (χ1n) is 5.96. The molecule has 0 atom stereocenters. The van der Waals surface area contributed by atoms with Crippen molar-refractivity contribution in [3.63, 3.8) is 0 Å². The molecule has 2 aromatic rings. The van der Waals surface area contributed by atoms with E-state index < -0.39 is 0 Å². The van der Waals surface area contributed by atoms with Crippen molar-refractivity contribution in [2.24, 2.45) is 0 Å². The van der Waals surface area contributed by atoms with Crippen LogP contribution in [-0.2, 0) is 13.0 Å². The Morgan fingerprint density at radius 2 is 2.00 bits per heavy atom.